The third-order valence-electron chi connectivity index (χ3n) is 4.15. The molecule has 1 saturated heterocycles. The maximum atomic E-state index is 13.0. The zero-order chi connectivity index (χ0) is 21.0. The maximum Gasteiger partial charge on any atom is 0.264 e. The monoisotopic (exact) mass is 478 g/mol. The third-order valence-corrected chi connectivity index (χ3v) is 5.65. The smallest absolute Gasteiger partial charge is 0.264 e. The van der Waals surface area contributed by atoms with Gasteiger partial charge in [0.15, 0.2) is 16.7 Å². The van der Waals surface area contributed by atoms with E-state index in [1.807, 2.05) is 26.0 Å². The zero-order valence-electron chi connectivity index (χ0n) is 16.2. The van der Waals surface area contributed by atoms with E-state index in [0.29, 0.717) is 27.3 Å². The topological polar surface area (TPSA) is 59.9 Å². The Bertz CT molecular complexity index is 977. The number of rotatable bonds is 6. The molecule has 0 spiro atoms. The minimum atomic E-state index is -0.335. The van der Waals surface area contributed by atoms with E-state index in [0.717, 1.165) is 16.5 Å². The quantitative estimate of drug-likeness (QED) is 0.543. The summed E-state index contributed by atoms with van der Waals surface area (Å²) in [5.41, 5.74) is 1.34. The van der Waals surface area contributed by atoms with Crippen LogP contribution in [0.5, 0.6) is 11.5 Å². The fourth-order valence-corrected chi connectivity index (χ4v) is 3.88. The van der Waals surface area contributed by atoms with E-state index in [1.54, 1.807) is 25.3 Å². The van der Waals surface area contributed by atoms with Crippen LogP contribution in [0.1, 0.15) is 25.8 Å². The fourth-order valence-electron chi connectivity index (χ4n) is 2.49. The number of nitrogens with zero attached hydrogens (tertiary/aromatic N) is 1. The Kier molecular flexibility index (Phi) is 6.97. The number of aliphatic imine (C=N–C) groups is 1. The van der Waals surface area contributed by atoms with Gasteiger partial charge in [-0.15, -0.1) is 0 Å². The first-order chi connectivity index (χ1) is 13.9. The summed E-state index contributed by atoms with van der Waals surface area (Å²) in [5.74, 6) is 0.630. The molecule has 0 radical (unpaired) electrons. The molecule has 1 fully saturated rings. The number of ether oxygens (including phenoxy) is 2. The number of halogens is 2. The normalized spacial score (nSPS) is 17.5. The molecule has 0 aromatic heterocycles. The number of hydrogen-bond donors (Lipinski definition) is 1. The first kappa shape index (κ1) is 21.4. The van der Waals surface area contributed by atoms with E-state index in [9.17, 15) is 9.18 Å². The molecule has 0 saturated carbocycles. The second-order valence-corrected chi connectivity index (χ2v) is 8.21. The lowest BCUT2D eigenvalue weighted by molar-refractivity contribution is -0.115. The van der Waals surface area contributed by atoms with Crippen LogP contribution >= 0.6 is 27.7 Å². The van der Waals surface area contributed by atoms with E-state index < -0.39 is 0 Å². The van der Waals surface area contributed by atoms with Crippen molar-refractivity contribution in [3.05, 3.63) is 57.2 Å². The molecule has 3 rings (SSSR count). The van der Waals surface area contributed by atoms with Gasteiger partial charge in [0.05, 0.1) is 28.3 Å². The van der Waals surface area contributed by atoms with Gasteiger partial charge in [0.25, 0.3) is 5.91 Å². The summed E-state index contributed by atoms with van der Waals surface area (Å²) in [5, 5.41) is 3.16. The van der Waals surface area contributed by atoms with Crippen LogP contribution in [0, 0.1) is 5.82 Å². The predicted octanol–water partition coefficient (Wildman–Crippen LogP) is 5.67. The van der Waals surface area contributed by atoms with Gasteiger partial charge in [-0.05, 0) is 89.1 Å². The molecule has 8 heteroatoms. The average molecular weight is 479 g/mol. The Hall–Kier alpha value is -2.32. The van der Waals surface area contributed by atoms with Gasteiger partial charge in [-0.3, -0.25) is 4.79 Å². The molecule has 1 N–H and O–H groups in total. The molecule has 1 atom stereocenters. The highest BCUT2D eigenvalue weighted by atomic mass is 79.9. The van der Waals surface area contributed by atoms with Gasteiger partial charge in [-0.25, -0.2) is 9.38 Å². The van der Waals surface area contributed by atoms with Crippen molar-refractivity contribution < 1.29 is 18.7 Å². The third kappa shape index (κ3) is 5.39. The fraction of sp³-hybridized carbons (Fsp3) is 0.238. The van der Waals surface area contributed by atoms with Gasteiger partial charge in [-0.1, -0.05) is 6.92 Å². The van der Waals surface area contributed by atoms with Gasteiger partial charge >= 0.3 is 0 Å². The lowest BCUT2D eigenvalue weighted by atomic mass is 10.1. The first-order valence-electron chi connectivity index (χ1n) is 8.99. The van der Waals surface area contributed by atoms with Gasteiger partial charge in [0.2, 0.25) is 0 Å². The lowest BCUT2D eigenvalue weighted by Crippen LogP contribution is -2.19. The average Bonchev–Trinajstić information content (AvgIpc) is 3.04. The van der Waals surface area contributed by atoms with E-state index in [-0.39, 0.29) is 17.8 Å². The molecule has 5 nitrogen and oxygen atoms in total. The molecule has 29 heavy (non-hydrogen) atoms. The molecule has 152 valence electrons. The summed E-state index contributed by atoms with van der Waals surface area (Å²) >= 11 is 4.75. The SMILES string of the molecule is CC[C@H](C)Oc1c(Br)cc(/C=C2/SC(=Nc3ccc(F)cc3)NC2=O)cc1OC. The van der Waals surface area contributed by atoms with Crippen molar-refractivity contribution in [2.45, 2.75) is 26.4 Å². The summed E-state index contributed by atoms with van der Waals surface area (Å²) in [7, 11) is 1.58. The van der Waals surface area contributed by atoms with Crippen molar-refractivity contribution in [2.75, 3.05) is 7.11 Å². The Labute approximate surface area is 181 Å². The van der Waals surface area contributed by atoms with Gasteiger partial charge in [-0.2, -0.15) is 0 Å². The van der Waals surface area contributed by atoms with Crippen molar-refractivity contribution in [3.63, 3.8) is 0 Å². The van der Waals surface area contributed by atoms with Crippen LogP contribution in [0.4, 0.5) is 10.1 Å². The second kappa shape index (κ2) is 9.45. The van der Waals surface area contributed by atoms with E-state index in [1.165, 1.54) is 23.9 Å². The molecule has 2 aromatic rings. The molecular formula is C21H20BrFN2O3S. The minimum absolute atomic E-state index is 0.0470. The summed E-state index contributed by atoms with van der Waals surface area (Å²) in [4.78, 5) is 17.1. The van der Waals surface area contributed by atoms with Gasteiger partial charge < -0.3 is 14.8 Å². The summed E-state index contributed by atoms with van der Waals surface area (Å²) < 4.78 is 25.2. The highest BCUT2D eigenvalue weighted by Crippen LogP contribution is 2.39. The van der Waals surface area contributed by atoms with E-state index >= 15 is 0 Å². The lowest BCUT2D eigenvalue weighted by Gasteiger charge is -2.17. The van der Waals surface area contributed by atoms with Crippen molar-refractivity contribution in [1.29, 1.82) is 0 Å². The van der Waals surface area contributed by atoms with E-state index in [4.69, 9.17) is 9.47 Å². The predicted molar refractivity (Wildman–Crippen MR) is 118 cm³/mol. The number of carbonyl (C=O) groups excluding carboxylic acids is 1. The van der Waals surface area contributed by atoms with Crippen LogP contribution in [0.3, 0.4) is 0 Å². The Balaban J connectivity index is 1.85. The van der Waals surface area contributed by atoms with Crippen molar-refractivity contribution >= 4 is 50.5 Å². The summed E-state index contributed by atoms with van der Waals surface area (Å²) in [6, 6.07) is 9.44. The van der Waals surface area contributed by atoms with Crippen molar-refractivity contribution in [2.24, 2.45) is 4.99 Å². The highest BCUT2D eigenvalue weighted by molar-refractivity contribution is 9.10. The number of amidine groups is 1. The number of amides is 1. The Morgan fingerprint density at radius 3 is 2.69 bits per heavy atom. The van der Waals surface area contributed by atoms with Crippen LogP contribution < -0.4 is 14.8 Å². The van der Waals surface area contributed by atoms with Crippen LogP contribution in [0.15, 0.2) is 50.8 Å². The van der Waals surface area contributed by atoms with Crippen molar-refractivity contribution in [1.82, 2.24) is 5.32 Å². The van der Waals surface area contributed by atoms with Crippen LogP contribution in [-0.2, 0) is 4.79 Å². The van der Waals surface area contributed by atoms with Crippen molar-refractivity contribution in [3.8, 4) is 11.5 Å². The number of methoxy groups -OCH3 is 1. The largest absolute Gasteiger partial charge is 0.493 e. The molecule has 1 aliphatic rings. The second-order valence-electron chi connectivity index (χ2n) is 6.33. The van der Waals surface area contributed by atoms with Crippen LogP contribution in [0.2, 0.25) is 0 Å². The van der Waals surface area contributed by atoms with Crippen LogP contribution in [-0.4, -0.2) is 24.3 Å². The highest BCUT2D eigenvalue weighted by Gasteiger charge is 2.24. The standard InChI is InChI=1S/C21H20BrFN2O3S/c1-4-12(2)28-19-16(22)9-13(10-17(19)27-3)11-18-20(26)25-21(29-18)24-15-7-5-14(23)6-8-15/h5-12H,4H2,1-3H3,(H,24,25,26)/b18-11+/t12-/m0/s1. The maximum absolute atomic E-state index is 13.0. The Morgan fingerprint density at radius 2 is 2.03 bits per heavy atom. The molecular weight excluding hydrogens is 459 g/mol. The minimum Gasteiger partial charge on any atom is -0.493 e. The number of thioether (sulfide) groups is 1. The first-order valence-corrected chi connectivity index (χ1v) is 10.6. The zero-order valence-corrected chi connectivity index (χ0v) is 18.6. The number of benzene rings is 2. The number of nitrogens with one attached hydrogen (secondary N) is 1. The summed E-state index contributed by atoms with van der Waals surface area (Å²) in [6.45, 7) is 4.04. The number of hydrogen-bond acceptors (Lipinski definition) is 5. The molecule has 1 aliphatic heterocycles. The molecule has 0 bridgehead atoms. The van der Waals surface area contributed by atoms with Gasteiger partial charge in [0.1, 0.15) is 5.82 Å². The molecule has 1 heterocycles. The molecule has 0 aliphatic carbocycles. The van der Waals surface area contributed by atoms with Crippen LogP contribution in [0.25, 0.3) is 6.08 Å². The molecule has 0 unspecified atom stereocenters. The van der Waals surface area contributed by atoms with Gasteiger partial charge in [0, 0.05) is 0 Å². The molecule has 2 aromatic carbocycles. The molecule has 1 amide bonds. The number of carbonyl (C=O) groups is 1. The summed E-state index contributed by atoms with van der Waals surface area (Å²) in [6.07, 6.45) is 2.67. The van der Waals surface area contributed by atoms with E-state index in [2.05, 4.69) is 26.2 Å². The Morgan fingerprint density at radius 1 is 1.31 bits per heavy atom.